The van der Waals surface area contributed by atoms with E-state index in [1.165, 1.54) is 0 Å². The smallest absolute Gasteiger partial charge is 0.397 e. The topological polar surface area (TPSA) is 55.4 Å². The van der Waals surface area contributed by atoms with E-state index in [-0.39, 0.29) is 6.61 Å². The van der Waals surface area contributed by atoms with Gasteiger partial charge >= 0.3 is 11.9 Å². The van der Waals surface area contributed by atoms with Crippen molar-refractivity contribution in [3.63, 3.8) is 0 Å². The molecular formula is C10H10BrNO3. The fraction of sp³-hybridized carbons (Fsp3) is 0.200. The second-order valence-electron chi connectivity index (χ2n) is 2.65. The van der Waals surface area contributed by atoms with Crippen molar-refractivity contribution in [2.24, 2.45) is 0 Å². The summed E-state index contributed by atoms with van der Waals surface area (Å²) in [6.07, 6.45) is 0. The third-order valence-corrected chi connectivity index (χ3v) is 2.27. The Morgan fingerprint density at radius 2 is 2.07 bits per heavy atom. The predicted octanol–water partition coefficient (Wildman–Crippen LogP) is 1.95. The van der Waals surface area contributed by atoms with Crippen LogP contribution in [0.25, 0.3) is 0 Å². The van der Waals surface area contributed by atoms with E-state index in [4.69, 9.17) is 0 Å². The van der Waals surface area contributed by atoms with Gasteiger partial charge in [0, 0.05) is 4.47 Å². The standard InChI is InChI=1S/C10H10BrNO3/c1-2-15-10(14)9(13)12-8-6-4-3-5-7(8)11/h3-6H,2H2,1H3,(H,12,13). The number of esters is 1. The molecule has 0 radical (unpaired) electrons. The summed E-state index contributed by atoms with van der Waals surface area (Å²) in [5.41, 5.74) is 0.538. The molecule has 80 valence electrons. The molecule has 0 aromatic heterocycles. The maximum atomic E-state index is 11.2. The SMILES string of the molecule is CCOC(=O)C(=O)Nc1ccccc1Br. The molecule has 1 amide bonds. The molecule has 0 aliphatic rings. The number of nitrogens with one attached hydrogen (secondary N) is 1. The molecule has 0 fully saturated rings. The van der Waals surface area contributed by atoms with Gasteiger partial charge in [0.05, 0.1) is 12.3 Å². The Kier molecular flexibility index (Phi) is 4.30. The van der Waals surface area contributed by atoms with Crippen LogP contribution in [0.15, 0.2) is 28.7 Å². The normalized spacial score (nSPS) is 9.47. The highest BCUT2D eigenvalue weighted by Gasteiger charge is 2.15. The van der Waals surface area contributed by atoms with Gasteiger partial charge in [-0.3, -0.25) is 4.79 Å². The van der Waals surface area contributed by atoms with Crippen LogP contribution in [0, 0.1) is 0 Å². The number of hydrogen-bond donors (Lipinski definition) is 1. The molecule has 0 saturated carbocycles. The quantitative estimate of drug-likeness (QED) is 0.661. The number of carbonyl (C=O) groups is 2. The Labute approximate surface area is 95.7 Å². The molecular weight excluding hydrogens is 262 g/mol. The van der Waals surface area contributed by atoms with Crippen molar-refractivity contribution in [2.45, 2.75) is 6.92 Å². The van der Waals surface area contributed by atoms with Crippen molar-refractivity contribution in [1.29, 1.82) is 0 Å². The number of rotatable bonds is 2. The van der Waals surface area contributed by atoms with Gasteiger partial charge in [0.1, 0.15) is 0 Å². The largest absolute Gasteiger partial charge is 0.459 e. The van der Waals surface area contributed by atoms with Crippen LogP contribution in [-0.2, 0) is 14.3 Å². The lowest BCUT2D eigenvalue weighted by Crippen LogP contribution is -2.25. The fourth-order valence-corrected chi connectivity index (χ4v) is 1.32. The number of para-hydroxylation sites is 1. The lowest BCUT2D eigenvalue weighted by Gasteiger charge is -2.05. The van der Waals surface area contributed by atoms with Crippen LogP contribution in [-0.4, -0.2) is 18.5 Å². The maximum absolute atomic E-state index is 11.2. The summed E-state index contributed by atoms with van der Waals surface area (Å²) < 4.78 is 5.26. The number of hydrogen-bond acceptors (Lipinski definition) is 3. The molecule has 1 N–H and O–H groups in total. The van der Waals surface area contributed by atoms with Gasteiger partial charge in [-0.25, -0.2) is 4.79 Å². The molecule has 0 heterocycles. The average Bonchev–Trinajstić information content (AvgIpc) is 2.21. The lowest BCUT2D eigenvalue weighted by atomic mass is 10.3. The van der Waals surface area contributed by atoms with Crippen LogP contribution >= 0.6 is 15.9 Å². The highest BCUT2D eigenvalue weighted by Crippen LogP contribution is 2.20. The van der Waals surface area contributed by atoms with E-state index in [2.05, 4.69) is 26.0 Å². The Hall–Kier alpha value is -1.36. The number of anilines is 1. The van der Waals surface area contributed by atoms with Crippen LogP contribution in [0.3, 0.4) is 0 Å². The summed E-state index contributed by atoms with van der Waals surface area (Å²) in [6.45, 7) is 1.83. The zero-order valence-corrected chi connectivity index (χ0v) is 9.71. The first-order valence-corrected chi connectivity index (χ1v) is 5.17. The third kappa shape index (κ3) is 3.36. The number of amides is 1. The van der Waals surface area contributed by atoms with Gasteiger partial charge in [-0.15, -0.1) is 0 Å². The summed E-state index contributed by atoms with van der Waals surface area (Å²) in [5, 5.41) is 2.43. The van der Waals surface area contributed by atoms with Gasteiger partial charge < -0.3 is 10.1 Å². The van der Waals surface area contributed by atoms with Crippen LogP contribution in [0.1, 0.15) is 6.92 Å². The van der Waals surface area contributed by atoms with Crippen LogP contribution in [0.5, 0.6) is 0 Å². The van der Waals surface area contributed by atoms with Gasteiger partial charge in [-0.05, 0) is 35.0 Å². The first-order valence-electron chi connectivity index (χ1n) is 4.37. The minimum absolute atomic E-state index is 0.183. The van der Waals surface area contributed by atoms with Crippen molar-refractivity contribution in [3.05, 3.63) is 28.7 Å². The van der Waals surface area contributed by atoms with Crippen molar-refractivity contribution < 1.29 is 14.3 Å². The lowest BCUT2D eigenvalue weighted by molar-refractivity contribution is -0.152. The van der Waals surface area contributed by atoms with Crippen molar-refractivity contribution >= 4 is 33.5 Å². The van der Waals surface area contributed by atoms with Gasteiger partial charge in [-0.1, -0.05) is 12.1 Å². The fourth-order valence-electron chi connectivity index (χ4n) is 0.933. The summed E-state index contributed by atoms with van der Waals surface area (Å²) in [6, 6.07) is 7.01. The zero-order chi connectivity index (χ0) is 11.3. The minimum atomic E-state index is -0.881. The third-order valence-electron chi connectivity index (χ3n) is 1.58. The molecule has 0 unspecified atom stereocenters. The molecule has 0 saturated heterocycles. The van der Waals surface area contributed by atoms with Crippen molar-refractivity contribution in [2.75, 3.05) is 11.9 Å². The monoisotopic (exact) mass is 271 g/mol. The van der Waals surface area contributed by atoms with Crippen LogP contribution in [0.4, 0.5) is 5.69 Å². The highest BCUT2D eigenvalue weighted by atomic mass is 79.9. The molecule has 1 rings (SSSR count). The average molecular weight is 272 g/mol. The van der Waals surface area contributed by atoms with E-state index >= 15 is 0 Å². The van der Waals surface area contributed by atoms with Gasteiger partial charge in [0.15, 0.2) is 0 Å². The van der Waals surface area contributed by atoms with E-state index in [0.29, 0.717) is 10.2 Å². The first-order chi connectivity index (χ1) is 7.15. The Bertz CT molecular complexity index is 379. The Morgan fingerprint density at radius 1 is 1.40 bits per heavy atom. The van der Waals surface area contributed by atoms with Crippen molar-refractivity contribution in [3.8, 4) is 0 Å². The van der Waals surface area contributed by atoms with E-state index < -0.39 is 11.9 Å². The van der Waals surface area contributed by atoms with Gasteiger partial charge in [0.25, 0.3) is 0 Å². The predicted molar refractivity (Wildman–Crippen MR) is 59.4 cm³/mol. The molecule has 0 aliphatic carbocycles. The molecule has 1 aromatic rings. The summed E-state index contributed by atoms with van der Waals surface area (Å²) in [5.74, 6) is -1.66. The molecule has 4 nitrogen and oxygen atoms in total. The molecule has 5 heteroatoms. The maximum Gasteiger partial charge on any atom is 0.397 e. The van der Waals surface area contributed by atoms with Gasteiger partial charge in [-0.2, -0.15) is 0 Å². The van der Waals surface area contributed by atoms with E-state index in [1.807, 2.05) is 6.07 Å². The molecule has 0 bridgehead atoms. The summed E-state index contributed by atoms with van der Waals surface area (Å²) in [7, 11) is 0. The minimum Gasteiger partial charge on any atom is -0.459 e. The van der Waals surface area contributed by atoms with E-state index in [9.17, 15) is 9.59 Å². The Balaban J connectivity index is 2.67. The second-order valence-corrected chi connectivity index (χ2v) is 3.51. The van der Waals surface area contributed by atoms with Crippen LogP contribution in [0.2, 0.25) is 0 Å². The van der Waals surface area contributed by atoms with E-state index in [1.54, 1.807) is 25.1 Å². The summed E-state index contributed by atoms with van der Waals surface area (Å²) in [4.78, 5) is 22.3. The van der Waals surface area contributed by atoms with Gasteiger partial charge in [0.2, 0.25) is 0 Å². The number of ether oxygens (including phenoxy) is 1. The van der Waals surface area contributed by atoms with E-state index in [0.717, 1.165) is 0 Å². The molecule has 0 spiro atoms. The number of carbonyl (C=O) groups excluding carboxylic acids is 2. The zero-order valence-electron chi connectivity index (χ0n) is 8.12. The molecule has 0 aliphatic heterocycles. The Morgan fingerprint density at radius 3 is 2.67 bits per heavy atom. The number of halogens is 1. The second kappa shape index (κ2) is 5.50. The van der Waals surface area contributed by atoms with Crippen molar-refractivity contribution in [1.82, 2.24) is 0 Å². The number of benzene rings is 1. The van der Waals surface area contributed by atoms with Crippen LogP contribution < -0.4 is 5.32 Å². The molecule has 0 atom stereocenters. The molecule has 15 heavy (non-hydrogen) atoms. The highest BCUT2D eigenvalue weighted by molar-refractivity contribution is 9.10. The first kappa shape index (κ1) is 11.7. The summed E-state index contributed by atoms with van der Waals surface area (Å²) >= 11 is 3.25. The molecule has 1 aromatic carbocycles.